The van der Waals surface area contributed by atoms with Crippen LogP contribution in [0.4, 0.5) is 0 Å². The summed E-state index contributed by atoms with van der Waals surface area (Å²) >= 11 is 0. The lowest BCUT2D eigenvalue weighted by Crippen LogP contribution is -2.03. The van der Waals surface area contributed by atoms with Crippen LogP contribution in [0.3, 0.4) is 0 Å². The predicted molar refractivity (Wildman–Crippen MR) is 47.8 cm³/mol. The van der Waals surface area contributed by atoms with E-state index in [4.69, 9.17) is 0 Å². The van der Waals surface area contributed by atoms with Crippen molar-refractivity contribution in [3.8, 4) is 0 Å². The molecular formula is C9H13N3O. The van der Waals surface area contributed by atoms with E-state index in [1.807, 2.05) is 13.8 Å². The molecule has 1 aromatic rings. The summed E-state index contributed by atoms with van der Waals surface area (Å²) in [6.45, 7) is 4.04. The van der Waals surface area contributed by atoms with Crippen molar-refractivity contribution >= 4 is 6.29 Å². The van der Waals surface area contributed by atoms with E-state index in [1.165, 1.54) is 0 Å². The van der Waals surface area contributed by atoms with E-state index in [9.17, 15) is 4.79 Å². The number of rotatable bonds is 3. The van der Waals surface area contributed by atoms with Crippen molar-refractivity contribution in [2.75, 3.05) is 0 Å². The summed E-state index contributed by atoms with van der Waals surface area (Å²) in [5.41, 5.74) is 1.49. The number of aromatic nitrogens is 3. The third-order valence-electron chi connectivity index (χ3n) is 2.31. The van der Waals surface area contributed by atoms with Gasteiger partial charge in [0, 0.05) is 0 Å². The number of nitrogens with zero attached hydrogens (tertiary/aromatic N) is 3. The van der Waals surface area contributed by atoms with E-state index >= 15 is 0 Å². The van der Waals surface area contributed by atoms with E-state index in [2.05, 4.69) is 10.3 Å². The molecule has 2 rings (SSSR count). The Kier molecular flexibility index (Phi) is 1.90. The molecular weight excluding hydrogens is 166 g/mol. The lowest BCUT2D eigenvalue weighted by atomic mass is 10.1. The number of aldehydes is 1. The van der Waals surface area contributed by atoms with E-state index in [-0.39, 0.29) is 5.92 Å². The van der Waals surface area contributed by atoms with Gasteiger partial charge in [-0.1, -0.05) is 19.1 Å². The highest BCUT2D eigenvalue weighted by molar-refractivity contribution is 5.74. The Balaban J connectivity index is 2.41. The molecule has 0 amide bonds. The largest absolute Gasteiger partial charge is 0.296 e. The summed E-state index contributed by atoms with van der Waals surface area (Å²) in [7, 11) is 0. The van der Waals surface area contributed by atoms with Crippen LogP contribution in [0.25, 0.3) is 0 Å². The number of carbonyl (C=O) groups excluding carboxylic acids is 1. The molecule has 0 aromatic carbocycles. The molecule has 1 saturated carbocycles. The van der Waals surface area contributed by atoms with Crippen molar-refractivity contribution in [3.63, 3.8) is 0 Å². The Morgan fingerprint density at radius 2 is 2.23 bits per heavy atom. The average Bonchev–Trinajstić information content (AvgIpc) is 2.84. The van der Waals surface area contributed by atoms with Crippen LogP contribution in [0.5, 0.6) is 0 Å². The second kappa shape index (κ2) is 2.94. The highest BCUT2D eigenvalue weighted by atomic mass is 16.1. The monoisotopic (exact) mass is 179 g/mol. The zero-order valence-corrected chi connectivity index (χ0v) is 7.90. The van der Waals surface area contributed by atoms with Crippen LogP contribution in [-0.2, 0) is 0 Å². The van der Waals surface area contributed by atoms with Crippen molar-refractivity contribution in [2.45, 2.75) is 38.6 Å². The highest BCUT2D eigenvalue weighted by Crippen LogP contribution is 2.35. The Morgan fingerprint density at radius 3 is 2.69 bits per heavy atom. The summed E-state index contributed by atoms with van der Waals surface area (Å²) in [4.78, 5) is 10.8. The van der Waals surface area contributed by atoms with Gasteiger partial charge in [-0.3, -0.25) is 4.79 Å². The van der Waals surface area contributed by atoms with E-state index in [1.54, 1.807) is 4.68 Å². The van der Waals surface area contributed by atoms with E-state index < -0.39 is 0 Å². The van der Waals surface area contributed by atoms with Gasteiger partial charge in [0.15, 0.2) is 6.29 Å². The molecule has 0 spiro atoms. The molecule has 1 aliphatic rings. The first-order valence-corrected chi connectivity index (χ1v) is 4.64. The number of hydrogen-bond donors (Lipinski definition) is 0. The average molecular weight is 179 g/mol. The van der Waals surface area contributed by atoms with Gasteiger partial charge in [0.25, 0.3) is 0 Å². The van der Waals surface area contributed by atoms with E-state index in [0.717, 1.165) is 24.8 Å². The zero-order chi connectivity index (χ0) is 9.42. The minimum absolute atomic E-state index is 0.271. The van der Waals surface area contributed by atoms with Gasteiger partial charge in [0.05, 0.1) is 11.7 Å². The maximum Gasteiger partial charge on any atom is 0.170 e. The summed E-state index contributed by atoms with van der Waals surface area (Å²) in [5, 5.41) is 8.04. The van der Waals surface area contributed by atoms with Gasteiger partial charge in [-0.2, -0.15) is 0 Å². The predicted octanol–water partition coefficient (Wildman–Crippen LogP) is 1.55. The summed E-state index contributed by atoms with van der Waals surface area (Å²) in [6.07, 6.45) is 3.12. The topological polar surface area (TPSA) is 47.8 Å². The number of carbonyl (C=O) groups is 1. The molecule has 13 heavy (non-hydrogen) atoms. The van der Waals surface area contributed by atoms with Gasteiger partial charge in [0.1, 0.15) is 5.69 Å². The molecule has 1 aliphatic carbocycles. The van der Waals surface area contributed by atoms with Crippen LogP contribution in [-0.4, -0.2) is 21.3 Å². The Bertz CT molecular complexity index is 306. The SMILES string of the molecule is CC(C)c1nnn(C2CC2)c1C=O. The molecule has 0 atom stereocenters. The first-order valence-electron chi connectivity index (χ1n) is 4.64. The normalized spacial score (nSPS) is 16.5. The molecule has 1 fully saturated rings. The number of hydrogen-bond acceptors (Lipinski definition) is 3. The van der Waals surface area contributed by atoms with Gasteiger partial charge in [-0.25, -0.2) is 4.68 Å². The van der Waals surface area contributed by atoms with Crippen LogP contribution in [0.15, 0.2) is 0 Å². The van der Waals surface area contributed by atoms with Crippen molar-refractivity contribution in [1.82, 2.24) is 15.0 Å². The fourth-order valence-corrected chi connectivity index (χ4v) is 1.43. The summed E-state index contributed by atoms with van der Waals surface area (Å²) in [5.74, 6) is 0.271. The molecule has 1 aromatic heterocycles. The Labute approximate surface area is 76.9 Å². The third-order valence-corrected chi connectivity index (χ3v) is 2.31. The Morgan fingerprint density at radius 1 is 1.54 bits per heavy atom. The third kappa shape index (κ3) is 1.36. The second-order valence-corrected chi connectivity index (χ2v) is 3.81. The van der Waals surface area contributed by atoms with Crippen molar-refractivity contribution in [2.24, 2.45) is 0 Å². The molecule has 4 heteroatoms. The molecule has 0 unspecified atom stereocenters. The fraction of sp³-hybridized carbons (Fsp3) is 0.667. The van der Waals surface area contributed by atoms with Crippen molar-refractivity contribution in [1.29, 1.82) is 0 Å². The summed E-state index contributed by atoms with van der Waals surface area (Å²) in [6, 6.07) is 0.431. The molecule has 0 bridgehead atoms. The van der Waals surface area contributed by atoms with Crippen molar-refractivity contribution < 1.29 is 4.79 Å². The zero-order valence-electron chi connectivity index (χ0n) is 7.90. The standard InChI is InChI=1S/C9H13N3O/c1-6(2)9-8(5-13)12(11-10-9)7-3-4-7/h5-7H,3-4H2,1-2H3. The second-order valence-electron chi connectivity index (χ2n) is 3.81. The first-order chi connectivity index (χ1) is 6.24. The summed E-state index contributed by atoms with van der Waals surface area (Å²) < 4.78 is 1.77. The van der Waals surface area contributed by atoms with Crippen LogP contribution in [0.1, 0.15) is 54.8 Å². The molecule has 0 saturated heterocycles. The molecule has 1 heterocycles. The minimum atomic E-state index is 0.271. The highest BCUT2D eigenvalue weighted by Gasteiger charge is 2.29. The first kappa shape index (κ1) is 8.41. The van der Waals surface area contributed by atoms with Crippen LogP contribution in [0, 0.1) is 0 Å². The Hall–Kier alpha value is -1.19. The molecule has 0 N–H and O–H groups in total. The lowest BCUT2D eigenvalue weighted by Gasteiger charge is -2.01. The van der Waals surface area contributed by atoms with Crippen LogP contribution in [0.2, 0.25) is 0 Å². The smallest absolute Gasteiger partial charge is 0.170 e. The van der Waals surface area contributed by atoms with Gasteiger partial charge >= 0.3 is 0 Å². The molecule has 0 radical (unpaired) electrons. The molecule has 0 aliphatic heterocycles. The van der Waals surface area contributed by atoms with Gasteiger partial charge < -0.3 is 0 Å². The lowest BCUT2D eigenvalue weighted by molar-refractivity contribution is 0.111. The van der Waals surface area contributed by atoms with E-state index in [0.29, 0.717) is 11.7 Å². The van der Waals surface area contributed by atoms with Gasteiger partial charge in [-0.15, -0.1) is 5.10 Å². The van der Waals surface area contributed by atoms with Crippen molar-refractivity contribution in [3.05, 3.63) is 11.4 Å². The molecule has 70 valence electrons. The fourth-order valence-electron chi connectivity index (χ4n) is 1.43. The maximum atomic E-state index is 10.8. The van der Waals surface area contributed by atoms with Crippen LogP contribution < -0.4 is 0 Å². The van der Waals surface area contributed by atoms with Crippen LogP contribution >= 0.6 is 0 Å². The minimum Gasteiger partial charge on any atom is -0.296 e. The molecule has 4 nitrogen and oxygen atoms in total. The quantitative estimate of drug-likeness (QED) is 0.661. The maximum absolute atomic E-state index is 10.8. The van der Waals surface area contributed by atoms with Gasteiger partial charge in [-0.05, 0) is 18.8 Å². The van der Waals surface area contributed by atoms with Gasteiger partial charge in [0.2, 0.25) is 0 Å².